The molecule has 1 aliphatic heterocycles. The first-order valence-corrected chi connectivity index (χ1v) is 10.2. The summed E-state index contributed by atoms with van der Waals surface area (Å²) in [6.45, 7) is 4.27. The molecule has 1 heterocycles. The number of methoxy groups -OCH3 is 1. The SMILES string of the molecule is COc1ccc([C@H](CNC(=S)NC2CCCCC2)N2CCOCC2)cc1. The number of nitrogens with zero attached hydrogens (tertiary/aromatic N) is 1. The first-order chi connectivity index (χ1) is 12.8. The first-order valence-electron chi connectivity index (χ1n) is 9.76. The molecular formula is C20H31N3O2S. The van der Waals surface area contributed by atoms with Gasteiger partial charge in [0.1, 0.15) is 5.75 Å². The number of hydrogen-bond acceptors (Lipinski definition) is 4. The molecule has 2 aliphatic rings. The summed E-state index contributed by atoms with van der Waals surface area (Å²) in [4.78, 5) is 2.47. The van der Waals surface area contributed by atoms with Gasteiger partial charge in [-0.05, 0) is 42.8 Å². The monoisotopic (exact) mass is 377 g/mol. The van der Waals surface area contributed by atoms with Crippen LogP contribution in [0, 0.1) is 0 Å². The molecule has 1 saturated heterocycles. The van der Waals surface area contributed by atoms with Gasteiger partial charge in [0.05, 0.1) is 26.4 Å². The van der Waals surface area contributed by atoms with Crippen molar-refractivity contribution in [3.8, 4) is 5.75 Å². The van der Waals surface area contributed by atoms with E-state index in [0.29, 0.717) is 6.04 Å². The minimum absolute atomic E-state index is 0.274. The third kappa shape index (κ3) is 5.56. The van der Waals surface area contributed by atoms with Crippen LogP contribution in [-0.4, -0.2) is 56.0 Å². The molecule has 5 nitrogen and oxygen atoms in total. The highest BCUT2D eigenvalue weighted by Crippen LogP contribution is 2.24. The van der Waals surface area contributed by atoms with Gasteiger partial charge in [-0.25, -0.2) is 0 Å². The number of nitrogens with one attached hydrogen (secondary N) is 2. The Morgan fingerprint density at radius 1 is 1.19 bits per heavy atom. The van der Waals surface area contributed by atoms with Crippen molar-refractivity contribution in [2.45, 2.75) is 44.2 Å². The van der Waals surface area contributed by atoms with Gasteiger partial charge in [-0.2, -0.15) is 0 Å². The van der Waals surface area contributed by atoms with E-state index in [4.69, 9.17) is 21.7 Å². The summed E-state index contributed by atoms with van der Waals surface area (Å²) >= 11 is 5.56. The summed E-state index contributed by atoms with van der Waals surface area (Å²) in [6.07, 6.45) is 6.43. The average Bonchev–Trinajstić information content (AvgIpc) is 2.70. The molecule has 1 aromatic carbocycles. The van der Waals surface area contributed by atoms with Crippen molar-refractivity contribution in [2.75, 3.05) is 40.0 Å². The zero-order chi connectivity index (χ0) is 18.2. The lowest BCUT2D eigenvalue weighted by molar-refractivity contribution is 0.0170. The van der Waals surface area contributed by atoms with E-state index >= 15 is 0 Å². The molecule has 2 N–H and O–H groups in total. The maximum Gasteiger partial charge on any atom is 0.166 e. The fourth-order valence-corrected chi connectivity index (χ4v) is 4.10. The van der Waals surface area contributed by atoms with Crippen molar-refractivity contribution in [3.05, 3.63) is 29.8 Å². The van der Waals surface area contributed by atoms with Gasteiger partial charge in [0.15, 0.2) is 5.11 Å². The lowest BCUT2D eigenvalue weighted by Crippen LogP contribution is -2.47. The quantitative estimate of drug-likeness (QED) is 0.744. The molecule has 0 bridgehead atoms. The van der Waals surface area contributed by atoms with Gasteiger partial charge in [0, 0.05) is 25.7 Å². The van der Waals surface area contributed by atoms with Crippen molar-refractivity contribution in [1.29, 1.82) is 0 Å². The number of benzene rings is 1. The topological polar surface area (TPSA) is 45.8 Å². The standard InChI is InChI=1S/C20H31N3O2S/c1-24-18-9-7-16(8-10-18)19(23-11-13-25-14-12-23)15-21-20(26)22-17-5-3-2-4-6-17/h7-10,17,19H,2-6,11-15H2,1H3,(H2,21,22,26)/t19-/m0/s1. The highest BCUT2D eigenvalue weighted by molar-refractivity contribution is 7.80. The van der Waals surface area contributed by atoms with E-state index in [1.54, 1.807) is 7.11 Å². The van der Waals surface area contributed by atoms with E-state index < -0.39 is 0 Å². The molecule has 2 fully saturated rings. The Hall–Kier alpha value is -1.37. The zero-order valence-electron chi connectivity index (χ0n) is 15.7. The number of ether oxygens (including phenoxy) is 2. The molecule has 0 aromatic heterocycles. The fourth-order valence-electron chi connectivity index (χ4n) is 3.85. The molecule has 0 radical (unpaired) electrons. The maximum atomic E-state index is 5.56. The summed E-state index contributed by atoms with van der Waals surface area (Å²) in [7, 11) is 1.70. The van der Waals surface area contributed by atoms with Crippen molar-refractivity contribution in [2.24, 2.45) is 0 Å². The van der Waals surface area contributed by atoms with Gasteiger partial charge in [-0.3, -0.25) is 4.90 Å². The number of rotatable bonds is 6. The Bertz CT molecular complexity index is 555. The molecule has 6 heteroatoms. The van der Waals surface area contributed by atoms with Crippen LogP contribution in [0.2, 0.25) is 0 Å². The van der Waals surface area contributed by atoms with E-state index in [9.17, 15) is 0 Å². The molecule has 1 aliphatic carbocycles. The van der Waals surface area contributed by atoms with Gasteiger partial charge in [0.25, 0.3) is 0 Å². The van der Waals surface area contributed by atoms with Gasteiger partial charge < -0.3 is 20.1 Å². The molecule has 0 amide bonds. The minimum atomic E-state index is 0.274. The van der Waals surface area contributed by atoms with Gasteiger partial charge >= 0.3 is 0 Å². The van der Waals surface area contributed by atoms with Crippen LogP contribution in [0.5, 0.6) is 5.75 Å². The molecule has 1 aromatic rings. The molecule has 144 valence electrons. The van der Waals surface area contributed by atoms with E-state index in [0.717, 1.165) is 43.7 Å². The first kappa shape index (κ1) is 19.4. The number of thiocarbonyl (C=S) groups is 1. The molecule has 26 heavy (non-hydrogen) atoms. The van der Waals surface area contributed by atoms with Crippen LogP contribution < -0.4 is 15.4 Å². The fraction of sp³-hybridized carbons (Fsp3) is 0.650. The predicted octanol–water partition coefficient (Wildman–Crippen LogP) is 2.87. The minimum Gasteiger partial charge on any atom is -0.497 e. The van der Waals surface area contributed by atoms with Crippen molar-refractivity contribution < 1.29 is 9.47 Å². The Kier molecular flexibility index (Phi) is 7.53. The second-order valence-electron chi connectivity index (χ2n) is 7.13. The molecule has 0 unspecified atom stereocenters. The van der Waals surface area contributed by atoms with E-state index in [2.05, 4.69) is 27.7 Å². The molecular weight excluding hydrogens is 346 g/mol. The lowest BCUT2D eigenvalue weighted by atomic mass is 9.96. The highest BCUT2D eigenvalue weighted by atomic mass is 32.1. The number of hydrogen-bond donors (Lipinski definition) is 2. The lowest BCUT2D eigenvalue weighted by Gasteiger charge is -2.35. The van der Waals surface area contributed by atoms with Crippen LogP contribution >= 0.6 is 12.2 Å². The average molecular weight is 378 g/mol. The van der Waals surface area contributed by atoms with E-state index in [-0.39, 0.29) is 6.04 Å². The van der Waals surface area contributed by atoms with Gasteiger partial charge in [0.2, 0.25) is 0 Å². The second kappa shape index (κ2) is 10.1. The van der Waals surface area contributed by atoms with Crippen LogP contribution in [0.25, 0.3) is 0 Å². The Morgan fingerprint density at radius 3 is 2.54 bits per heavy atom. The van der Waals surface area contributed by atoms with Crippen LogP contribution in [0.15, 0.2) is 24.3 Å². The maximum absolute atomic E-state index is 5.56. The van der Waals surface area contributed by atoms with Crippen molar-refractivity contribution >= 4 is 17.3 Å². The summed E-state index contributed by atoms with van der Waals surface area (Å²) in [6, 6.07) is 9.17. The summed E-state index contributed by atoms with van der Waals surface area (Å²) in [5, 5.41) is 7.75. The highest BCUT2D eigenvalue weighted by Gasteiger charge is 2.23. The molecule has 1 atom stereocenters. The van der Waals surface area contributed by atoms with E-state index in [1.165, 1.54) is 37.7 Å². The zero-order valence-corrected chi connectivity index (χ0v) is 16.5. The van der Waals surface area contributed by atoms with Crippen LogP contribution in [-0.2, 0) is 4.74 Å². The van der Waals surface area contributed by atoms with Crippen molar-refractivity contribution in [1.82, 2.24) is 15.5 Å². The molecule has 3 rings (SSSR count). The third-order valence-corrected chi connectivity index (χ3v) is 5.65. The predicted molar refractivity (Wildman–Crippen MR) is 109 cm³/mol. The third-order valence-electron chi connectivity index (χ3n) is 5.38. The van der Waals surface area contributed by atoms with Crippen LogP contribution in [0.3, 0.4) is 0 Å². The van der Waals surface area contributed by atoms with Crippen molar-refractivity contribution in [3.63, 3.8) is 0 Å². The Balaban J connectivity index is 1.59. The summed E-state index contributed by atoms with van der Waals surface area (Å²) in [5.41, 5.74) is 1.28. The summed E-state index contributed by atoms with van der Waals surface area (Å²) < 4.78 is 10.8. The van der Waals surface area contributed by atoms with Crippen LogP contribution in [0.4, 0.5) is 0 Å². The van der Waals surface area contributed by atoms with Gasteiger partial charge in [-0.1, -0.05) is 31.4 Å². The Labute approximate surface area is 162 Å². The summed E-state index contributed by atoms with van der Waals surface area (Å²) in [5.74, 6) is 0.886. The number of morpholine rings is 1. The second-order valence-corrected chi connectivity index (χ2v) is 7.53. The smallest absolute Gasteiger partial charge is 0.166 e. The van der Waals surface area contributed by atoms with Crippen LogP contribution in [0.1, 0.15) is 43.7 Å². The molecule has 0 spiro atoms. The van der Waals surface area contributed by atoms with E-state index in [1.807, 2.05) is 12.1 Å². The Morgan fingerprint density at radius 2 is 1.88 bits per heavy atom. The van der Waals surface area contributed by atoms with Gasteiger partial charge in [-0.15, -0.1) is 0 Å². The molecule has 1 saturated carbocycles. The normalized spacial score (nSPS) is 20.3. The largest absolute Gasteiger partial charge is 0.497 e.